The zero-order valence-corrected chi connectivity index (χ0v) is 15.3. The molecule has 1 fully saturated rings. The molecule has 1 aromatic rings. The van der Waals surface area contributed by atoms with Crippen LogP contribution < -0.4 is 0 Å². The second kappa shape index (κ2) is 8.01. The molecule has 0 radical (unpaired) electrons. The summed E-state index contributed by atoms with van der Waals surface area (Å²) in [4.78, 5) is 31.1. The van der Waals surface area contributed by atoms with Crippen LogP contribution in [0.25, 0.3) is 0 Å². The molecule has 0 spiro atoms. The number of hydrogen-bond donors (Lipinski definition) is 0. The van der Waals surface area contributed by atoms with Crippen molar-refractivity contribution in [1.29, 1.82) is 0 Å². The van der Waals surface area contributed by atoms with Crippen LogP contribution in [-0.4, -0.2) is 48.0 Å². The zero-order valence-electron chi connectivity index (χ0n) is 14.5. The molecule has 26 heavy (non-hydrogen) atoms. The Morgan fingerprint density at radius 1 is 1.38 bits per heavy atom. The first-order valence-electron chi connectivity index (χ1n) is 8.19. The number of amides is 1. The molecule has 2 aliphatic heterocycles. The summed E-state index contributed by atoms with van der Waals surface area (Å²) in [7, 11) is 1.50. The van der Waals surface area contributed by atoms with Crippen molar-refractivity contribution in [3.63, 3.8) is 0 Å². The van der Waals surface area contributed by atoms with Crippen LogP contribution in [0.5, 0.6) is 0 Å². The number of carbonyl (C=O) groups is 2. The highest BCUT2D eigenvalue weighted by atomic mass is 32.2. The first-order chi connectivity index (χ1) is 12.5. The maximum atomic E-state index is 14.6. The van der Waals surface area contributed by atoms with Crippen molar-refractivity contribution in [3.05, 3.63) is 46.9 Å². The second-order valence-electron chi connectivity index (χ2n) is 5.81. The molecular weight excluding hydrogens is 359 g/mol. The molecule has 6 nitrogen and oxygen atoms in total. The van der Waals surface area contributed by atoms with E-state index in [2.05, 4.69) is 4.99 Å². The lowest BCUT2D eigenvalue weighted by Gasteiger charge is -2.38. The number of halogens is 1. The highest BCUT2D eigenvalue weighted by Gasteiger charge is 2.42. The lowest BCUT2D eigenvalue weighted by molar-refractivity contribution is -0.141. The van der Waals surface area contributed by atoms with Gasteiger partial charge in [0, 0.05) is 24.8 Å². The highest BCUT2D eigenvalue weighted by Crippen LogP contribution is 2.41. The Balaban J connectivity index is 2.07. The average Bonchev–Trinajstić information content (AvgIpc) is 2.61. The Morgan fingerprint density at radius 2 is 2.15 bits per heavy atom. The molecule has 8 heteroatoms. The fraction of sp³-hybridized carbons (Fsp3) is 0.389. The number of hydrogen-bond acceptors (Lipinski definition) is 6. The van der Waals surface area contributed by atoms with Gasteiger partial charge in [0.25, 0.3) is 0 Å². The summed E-state index contributed by atoms with van der Waals surface area (Å²) in [6.45, 7) is 1.98. The Bertz CT molecular complexity index is 793. The summed E-state index contributed by atoms with van der Waals surface area (Å²) in [5.41, 5.74) is 0.841. The number of ether oxygens (including phenoxy) is 2. The van der Waals surface area contributed by atoms with Gasteiger partial charge in [0.2, 0.25) is 5.91 Å². The number of esters is 1. The van der Waals surface area contributed by atoms with Gasteiger partial charge in [-0.05, 0) is 13.0 Å². The largest absolute Gasteiger partial charge is 0.460 e. The summed E-state index contributed by atoms with van der Waals surface area (Å²) in [6.07, 6.45) is 0.305. The van der Waals surface area contributed by atoms with E-state index in [4.69, 9.17) is 9.47 Å². The standard InChI is InChI=1S/C18H19FN2O4S/c1-11-15(17(23)25-9-8-24-2)16(12-5-3-4-6-13(12)19)21-14(22)7-10-26-18(21)20-11/h3-6,16H,7-10H2,1-2H3. The number of rotatable bonds is 5. The van der Waals surface area contributed by atoms with Crippen molar-refractivity contribution in [2.75, 3.05) is 26.1 Å². The molecule has 1 atom stereocenters. The topological polar surface area (TPSA) is 68.2 Å². The minimum atomic E-state index is -0.890. The Kier molecular flexibility index (Phi) is 5.73. The molecule has 2 aliphatic rings. The van der Waals surface area contributed by atoms with Crippen molar-refractivity contribution in [3.8, 4) is 0 Å². The minimum absolute atomic E-state index is 0.0649. The van der Waals surface area contributed by atoms with Crippen LogP contribution in [0, 0.1) is 5.82 Å². The molecule has 1 unspecified atom stereocenters. The fourth-order valence-electron chi connectivity index (χ4n) is 2.94. The van der Waals surface area contributed by atoms with Crippen LogP contribution in [0.15, 0.2) is 40.5 Å². The Morgan fingerprint density at radius 3 is 2.88 bits per heavy atom. The van der Waals surface area contributed by atoms with E-state index < -0.39 is 17.8 Å². The molecule has 2 heterocycles. The summed E-state index contributed by atoms with van der Waals surface area (Å²) >= 11 is 1.42. The molecule has 138 valence electrons. The third-order valence-electron chi connectivity index (χ3n) is 4.15. The molecule has 1 saturated heterocycles. The maximum absolute atomic E-state index is 14.6. The second-order valence-corrected chi connectivity index (χ2v) is 6.87. The predicted molar refractivity (Wildman–Crippen MR) is 96.0 cm³/mol. The van der Waals surface area contributed by atoms with E-state index in [0.717, 1.165) is 0 Å². The number of thioether (sulfide) groups is 1. The van der Waals surface area contributed by atoms with E-state index in [9.17, 15) is 14.0 Å². The van der Waals surface area contributed by atoms with Gasteiger partial charge in [-0.3, -0.25) is 9.69 Å². The van der Waals surface area contributed by atoms with Gasteiger partial charge < -0.3 is 9.47 Å². The number of allylic oxidation sites excluding steroid dienone is 1. The van der Waals surface area contributed by atoms with Gasteiger partial charge in [0.1, 0.15) is 18.5 Å². The lowest BCUT2D eigenvalue weighted by Crippen LogP contribution is -2.46. The quantitative estimate of drug-likeness (QED) is 0.582. The fourth-order valence-corrected chi connectivity index (χ4v) is 3.95. The van der Waals surface area contributed by atoms with Crippen molar-refractivity contribution in [1.82, 2.24) is 4.90 Å². The minimum Gasteiger partial charge on any atom is -0.460 e. The van der Waals surface area contributed by atoms with Crippen molar-refractivity contribution >= 4 is 28.8 Å². The third-order valence-corrected chi connectivity index (χ3v) is 5.10. The molecule has 0 N–H and O–H groups in total. The monoisotopic (exact) mass is 378 g/mol. The van der Waals surface area contributed by atoms with Crippen LogP contribution in [-0.2, 0) is 19.1 Å². The van der Waals surface area contributed by atoms with E-state index in [0.29, 0.717) is 23.0 Å². The molecule has 0 bridgehead atoms. The Hall–Kier alpha value is -2.19. The molecule has 1 amide bonds. The first-order valence-corrected chi connectivity index (χ1v) is 9.18. The van der Waals surface area contributed by atoms with Crippen molar-refractivity contribution < 1.29 is 23.5 Å². The smallest absolute Gasteiger partial charge is 0.338 e. The van der Waals surface area contributed by atoms with Gasteiger partial charge in [0.15, 0.2) is 5.17 Å². The number of methoxy groups -OCH3 is 1. The van der Waals surface area contributed by atoms with Crippen molar-refractivity contribution in [2.24, 2.45) is 4.99 Å². The molecule has 3 rings (SSSR count). The summed E-state index contributed by atoms with van der Waals surface area (Å²) in [5.74, 6) is -0.694. The molecular formula is C18H19FN2O4S. The Labute approximate surface area is 155 Å². The van der Waals surface area contributed by atoms with E-state index in [1.165, 1.54) is 29.8 Å². The van der Waals surface area contributed by atoms with Crippen LogP contribution in [0.3, 0.4) is 0 Å². The third kappa shape index (κ3) is 3.52. The van der Waals surface area contributed by atoms with Crippen LogP contribution in [0.4, 0.5) is 4.39 Å². The number of benzene rings is 1. The molecule has 0 aromatic heterocycles. The van der Waals surface area contributed by atoms with Gasteiger partial charge in [-0.2, -0.15) is 0 Å². The summed E-state index contributed by atoms with van der Waals surface area (Å²) in [6, 6.07) is 5.24. The predicted octanol–water partition coefficient (Wildman–Crippen LogP) is 2.67. The maximum Gasteiger partial charge on any atom is 0.338 e. The van der Waals surface area contributed by atoms with E-state index in [1.54, 1.807) is 25.1 Å². The summed E-state index contributed by atoms with van der Waals surface area (Å²) < 4.78 is 24.7. The zero-order chi connectivity index (χ0) is 18.7. The van der Waals surface area contributed by atoms with Crippen LogP contribution in [0.1, 0.15) is 24.9 Å². The first kappa shape index (κ1) is 18.6. The van der Waals surface area contributed by atoms with Crippen molar-refractivity contribution in [2.45, 2.75) is 19.4 Å². The molecule has 0 saturated carbocycles. The highest BCUT2D eigenvalue weighted by molar-refractivity contribution is 8.14. The number of aliphatic imine (C=N–C) groups is 1. The van der Waals surface area contributed by atoms with Gasteiger partial charge in [-0.25, -0.2) is 14.2 Å². The van der Waals surface area contributed by atoms with Gasteiger partial charge in [0.05, 0.1) is 17.9 Å². The van der Waals surface area contributed by atoms with E-state index in [1.807, 2.05) is 0 Å². The van der Waals surface area contributed by atoms with Crippen LogP contribution in [0.2, 0.25) is 0 Å². The van der Waals surface area contributed by atoms with Gasteiger partial charge in [-0.15, -0.1) is 0 Å². The normalized spacial score (nSPS) is 20.0. The van der Waals surface area contributed by atoms with Crippen LogP contribution >= 0.6 is 11.8 Å². The average molecular weight is 378 g/mol. The molecule has 0 aliphatic carbocycles. The van der Waals surface area contributed by atoms with Gasteiger partial charge >= 0.3 is 5.97 Å². The number of carbonyl (C=O) groups excluding carboxylic acids is 2. The number of amidine groups is 1. The lowest BCUT2D eigenvalue weighted by atomic mass is 9.94. The number of fused-ring (bicyclic) bond motifs is 1. The van der Waals surface area contributed by atoms with E-state index in [-0.39, 0.29) is 30.3 Å². The van der Waals surface area contributed by atoms with Gasteiger partial charge in [-0.1, -0.05) is 30.0 Å². The van der Waals surface area contributed by atoms with E-state index >= 15 is 0 Å². The SMILES string of the molecule is COCCOC(=O)C1=C(C)N=C2SCCC(=O)N2C1c1ccccc1F. The summed E-state index contributed by atoms with van der Waals surface area (Å²) in [5, 5.41) is 0.487. The number of nitrogens with zero attached hydrogens (tertiary/aromatic N) is 2. The molecule has 1 aromatic carbocycles.